The van der Waals surface area contributed by atoms with Crippen LogP contribution in [-0.2, 0) is 12.8 Å². The zero-order chi connectivity index (χ0) is 47.6. The maximum absolute atomic E-state index is 8.54. The van der Waals surface area contributed by atoms with Crippen LogP contribution in [-0.4, -0.2) is 79.7 Å². The number of benzene rings is 3. The van der Waals surface area contributed by atoms with Gasteiger partial charge < -0.3 is 20.7 Å². The fraction of sp³-hybridized carbons (Fsp3) is 0.315. The quantitative estimate of drug-likeness (QED) is 0.0802. The summed E-state index contributed by atoms with van der Waals surface area (Å²) in [6.07, 6.45) is 17.7. The van der Waals surface area contributed by atoms with Gasteiger partial charge in [0.1, 0.15) is 0 Å². The summed E-state index contributed by atoms with van der Waals surface area (Å²) in [7, 11) is -1.40. The van der Waals surface area contributed by atoms with E-state index >= 15 is 0 Å². The fourth-order valence-corrected chi connectivity index (χ4v) is 10.4. The summed E-state index contributed by atoms with van der Waals surface area (Å²) in [5.74, 6) is 3.05. The van der Waals surface area contributed by atoms with Crippen molar-refractivity contribution < 1.29 is 10.0 Å². The molecule has 15 heteroatoms. The molecule has 0 aliphatic heterocycles. The normalized spacial score (nSPS) is 16.9. The van der Waals surface area contributed by atoms with Gasteiger partial charge in [0.05, 0.1) is 12.4 Å². The molecule has 4 N–H and O–H groups in total. The number of fused-ring (bicyclic) bond motifs is 6. The molecule has 0 spiro atoms. The second-order valence-corrected chi connectivity index (χ2v) is 19.7. The van der Waals surface area contributed by atoms with Gasteiger partial charge in [-0.25, -0.2) is 9.97 Å². The van der Waals surface area contributed by atoms with Crippen molar-refractivity contribution in [3.8, 4) is 11.4 Å². The Morgan fingerprint density at radius 3 is 1.67 bits per heavy atom. The molecule has 3 aromatic carbocycles. The zero-order valence-electron chi connectivity index (χ0n) is 39.8. The first kappa shape index (κ1) is 46.1. The Kier molecular flexibility index (Phi) is 13.4. The van der Waals surface area contributed by atoms with Gasteiger partial charge in [-0.1, -0.05) is 136 Å². The molecule has 0 bridgehead atoms. The van der Waals surface area contributed by atoms with Gasteiger partial charge in [0.15, 0.2) is 22.3 Å². The van der Waals surface area contributed by atoms with E-state index in [0.29, 0.717) is 29.4 Å². The number of rotatable bonds is 9. The standard InChI is InChI=1S/C27H27N5.C22H25N5S.C5H6BNO2/c1-17(2)24-16-28-32-26(24)30-25(18-8-4-3-5-9-18)31-27(32)29-21-13-12-20-14-19-10-6-7-11-22(19)23(20)15-21;1-13(2)19-12-23-27-20(19)25-22(28-3)26-21(27)24-16-9-8-15-10-14-6-4-5-7-17(14)18(15)11-16;8-6(9)5-2-1-3-7-4-5/h3-11,16-17,21H,12-15H2,1-2H3,(H,29,30,31);4-7,12-13,16H,8-11H2,1-3H3,(H,24,25,26);1-4,8-9H/t21-;16-;/m11./s1. The molecule has 4 aliphatic carbocycles. The van der Waals surface area contributed by atoms with Crippen LogP contribution in [0.15, 0.2) is 132 Å². The number of pyridine rings is 1. The number of thioether (sulfide) groups is 1. The molecule has 0 amide bonds. The third kappa shape index (κ3) is 9.68. The lowest BCUT2D eigenvalue weighted by molar-refractivity contribution is 0.425. The lowest BCUT2D eigenvalue weighted by Crippen LogP contribution is -2.29. The number of hydrogen-bond acceptors (Lipinski definition) is 12. The minimum absolute atomic E-state index is 0.327. The van der Waals surface area contributed by atoms with Crippen molar-refractivity contribution in [2.75, 3.05) is 16.9 Å². The summed E-state index contributed by atoms with van der Waals surface area (Å²) in [6, 6.07) is 31.8. The van der Waals surface area contributed by atoms with E-state index in [9.17, 15) is 0 Å². The van der Waals surface area contributed by atoms with E-state index in [0.717, 1.165) is 96.7 Å². The molecule has 69 heavy (non-hydrogen) atoms. The monoisotopic (exact) mass is 935 g/mol. The summed E-state index contributed by atoms with van der Waals surface area (Å²) in [5.41, 5.74) is 17.7. The van der Waals surface area contributed by atoms with Crippen molar-refractivity contribution in [2.24, 2.45) is 0 Å². The van der Waals surface area contributed by atoms with Crippen molar-refractivity contribution in [3.63, 3.8) is 0 Å². The molecule has 5 aromatic heterocycles. The molecule has 8 aromatic rings. The van der Waals surface area contributed by atoms with Gasteiger partial charge in [-0.2, -0.15) is 29.2 Å². The van der Waals surface area contributed by atoms with Gasteiger partial charge in [-0.05, 0) is 109 Å². The first-order chi connectivity index (χ1) is 33.6. The van der Waals surface area contributed by atoms with Gasteiger partial charge in [-0.15, -0.1) is 0 Å². The van der Waals surface area contributed by atoms with Crippen LogP contribution in [0.1, 0.15) is 111 Å². The van der Waals surface area contributed by atoms with Crippen molar-refractivity contribution >= 4 is 58.7 Å². The van der Waals surface area contributed by atoms with Gasteiger partial charge >= 0.3 is 7.12 Å². The molecule has 350 valence electrons. The molecule has 2 atom stereocenters. The molecule has 0 saturated carbocycles. The number of anilines is 2. The summed E-state index contributed by atoms with van der Waals surface area (Å²) in [4.78, 5) is 23.0. The van der Waals surface area contributed by atoms with Crippen molar-refractivity contribution in [2.45, 2.75) is 108 Å². The molecule has 13 nitrogen and oxygen atoms in total. The molecular formula is C54H58BN11O2S. The lowest BCUT2D eigenvalue weighted by Gasteiger charge is -2.26. The Labute approximate surface area is 407 Å². The Bertz CT molecular complexity index is 3190. The van der Waals surface area contributed by atoms with E-state index in [1.165, 1.54) is 45.2 Å². The minimum atomic E-state index is -1.40. The van der Waals surface area contributed by atoms with Crippen LogP contribution in [0.25, 0.3) is 33.8 Å². The summed E-state index contributed by atoms with van der Waals surface area (Å²) >= 11 is 1.58. The second kappa shape index (κ2) is 20.1. The minimum Gasteiger partial charge on any atom is -0.423 e. The van der Waals surface area contributed by atoms with Crippen LogP contribution in [0.3, 0.4) is 0 Å². The molecular weight excluding hydrogens is 878 g/mol. The molecule has 5 heterocycles. The highest BCUT2D eigenvalue weighted by atomic mass is 32.2. The number of aromatic nitrogens is 9. The van der Waals surface area contributed by atoms with Crippen molar-refractivity contribution in [1.82, 2.24) is 44.1 Å². The average molecular weight is 936 g/mol. The Morgan fingerprint density at radius 1 is 0.623 bits per heavy atom. The molecule has 0 fully saturated rings. The van der Waals surface area contributed by atoms with Gasteiger partial charge in [-0.3, -0.25) is 4.98 Å². The van der Waals surface area contributed by atoms with E-state index in [-0.39, 0.29) is 0 Å². The first-order valence-electron chi connectivity index (χ1n) is 24.1. The topological polar surface area (TPSA) is 164 Å². The van der Waals surface area contributed by atoms with E-state index in [1.54, 1.807) is 41.2 Å². The Balaban J connectivity index is 0.000000137. The largest absolute Gasteiger partial charge is 0.490 e. The molecule has 4 aliphatic rings. The molecule has 0 saturated heterocycles. The number of allylic oxidation sites excluding steroid dienone is 2. The third-order valence-corrected chi connectivity index (χ3v) is 14.3. The number of hydrogen-bond donors (Lipinski definition) is 4. The first-order valence-corrected chi connectivity index (χ1v) is 25.3. The summed E-state index contributed by atoms with van der Waals surface area (Å²) in [5, 5.41) is 34.6. The summed E-state index contributed by atoms with van der Waals surface area (Å²) in [6.45, 7) is 8.72. The predicted molar refractivity (Wildman–Crippen MR) is 278 cm³/mol. The van der Waals surface area contributed by atoms with Crippen LogP contribution < -0.4 is 16.1 Å². The SMILES string of the molecule is CC(C)c1cnn2c(N[C@@H]3CCC4=C(C3)c3ccccc3C4)nc(-c3ccccc3)nc12.CSc1nc(N[C@@H]2CCC3=C(C2)c2ccccc2C3)n2ncc(C(C)C)c2n1.OB(O)c1cccnc1. The zero-order valence-corrected chi connectivity index (χ0v) is 40.7. The van der Waals surface area contributed by atoms with Crippen LogP contribution in [0, 0.1) is 0 Å². The van der Waals surface area contributed by atoms with Gasteiger partial charge in [0.25, 0.3) is 0 Å². The average Bonchev–Trinajstić information content (AvgIpc) is 4.18. The highest BCUT2D eigenvalue weighted by Gasteiger charge is 2.31. The second-order valence-electron chi connectivity index (χ2n) is 18.9. The fourth-order valence-electron chi connectivity index (χ4n) is 10.1. The van der Waals surface area contributed by atoms with Gasteiger partial charge in [0.2, 0.25) is 11.9 Å². The Hall–Kier alpha value is -6.68. The molecule has 12 rings (SSSR count). The number of nitrogens with zero attached hydrogens (tertiary/aromatic N) is 9. The maximum atomic E-state index is 8.54. The van der Waals surface area contributed by atoms with E-state index < -0.39 is 7.12 Å². The van der Waals surface area contributed by atoms with E-state index in [1.807, 2.05) is 45.9 Å². The number of nitrogens with one attached hydrogen (secondary N) is 2. The van der Waals surface area contributed by atoms with Crippen LogP contribution in [0.2, 0.25) is 0 Å². The summed E-state index contributed by atoms with van der Waals surface area (Å²) < 4.78 is 3.76. The Morgan fingerprint density at radius 2 is 1.16 bits per heavy atom. The third-order valence-electron chi connectivity index (χ3n) is 13.7. The van der Waals surface area contributed by atoms with E-state index in [4.69, 9.17) is 30.0 Å². The van der Waals surface area contributed by atoms with Crippen molar-refractivity contribution in [3.05, 3.63) is 160 Å². The smallest absolute Gasteiger partial charge is 0.423 e. The van der Waals surface area contributed by atoms with E-state index in [2.05, 4.69) is 114 Å². The maximum Gasteiger partial charge on any atom is 0.490 e. The van der Waals surface area contributed by atoms with Crippen LogP contribution in [0.5, 0.6) is 0 Å². The highest BCUT2D eigenvalue weighted by molar-refractivity contribution is 7.98. The van der Waals surface area contributed by atoms with Crippen LogP contribution >= 0.6 is 11.8 Å². The molecule has 0 radical (unpaired) electrons. The molecule has 0 unspecified atom stereocenters. The lowest BCUT2D eigenvalue weighted by atomic mass is 9.82. The van der Waals surface area contributed by atoms with Crippen LogP contribution in [0.4, 0.5) is 11.9 Å². The van der Waals surface area contributed by atoms with Gasteiger partial charge in [0, 0.05) is 46.6 Å². The highest BCUT2D eigenvalue weighted by Crippen LogP contribution is 2.43. The van der Waals surface area contributed by atoms with Crippen molar-refractivity contribution in [1.29, 1.82) is 0 Å². The predicted octanol–water partition coefficient (Wildman–Crippen LogP) is 9.59.